The molecule has 0 aromatic rings. The van der Waals surface area contributed by atoms with Gasteiger partial charge < -0.3 is 5.73 Å². The summed E-state index contributed by atoms with van der Waals surface area (Å²) in [6.07, 6.45) is 4.68. The number of carbonyl (C=O) groups excluding carboxylic acids is 1. The lowest BCUT2D eigenvalue weighted by Gasteiger charge is -2.34. The number of amides is 2. The molecule has 2 bridgehead atoms. The Morgan fingerprint density at radius 3 is 2.50 bits per heavy atom. The molecule has 3 N–H and O–H groups in total. The van der Waals surface area contributed by atoms with Gasteiger partial charge in [0.15, 0.2) is 0 Å². The number of fused-ring (bicyclic) bond motifs is 2. The Kier molecular flexibility index (Phi) is 3.16. The SMILES string of the molecule is CC/C(=N/NC(N)=O)[C@H]1C[C@@]2(C)CC[C@H]1C2(C)C. The monoisotopic (exact) mass is 251 g/mol. The quantitative estimate of drug-likeness (QED) is 0.588. The molecule has 4 heteroatoms. The highest BCUT2D eigenvalue weighted by molar-refractivity contribution is 5.88. The zero-order valence-electron chi connectivity index (χ0n) is 11.9. The predicted octanol–water partition coefficient (Wildman–Crippen LogP) is 2.88. The van der Waals surface area contributed by atoms with Crippen molar-refractivity contribution in [3.63, 3.8) is 0 Å². The Hall–Kier alpha value is -1.06. The molecule has 2 amide bonds. The summed E-state index contributed by atoms with van der Waals surface area (Å²) < 4.78 is 0. The second kappa shape index (κ2) is 4.25. The molecule has 4 nitrogen and oxygen atoms in total. The number of nitrogens with one attached hydrogen (secondary N) is 1. The number of hydrogen-bond donors (Lipinski definition) is 2. The first-order valence-electron chi connectivity index (χ1n) is 6.93. The standard InChI is InChI=1S/C14H25N3O/c1-5-11(16-17-12(15)18)9-8-14(4)7-6-10(9)13(14,2)3/h9-10H,5-8H2,1-4H3,(H3,15,17,18)/b16-11-/t9-,10+,14+/m0/s1. The summed E-state index contributed by atoms with van der Waals surface area (Å²) >= 11 is 0. The van der Waals surface area contributed by atoms with E-state index in [1.54, 1.807) is 0 Å². The third kappa shape index (κ3) is 1.82. The van der Waals surface area contributed by atoms with Crippen LogP contribution in [-0.2, 0) is 0 Å². The maximum Gasteiger partial charge on any atom is 0.332 e. The molecule has 0 saturated heterocycles. The first-order valence-corrected chi connectivity index (χ1v) is 6.93. The van der Waals surface area contributed by atoms with Crippen LogP contribution in [0, 0.1) is 22.7 Å². The maximum atomic E-state index is 10.8. The van der Waals surface area contributed by atoms with E-state index in [1.807, 2.05) is 0 Å². The lowest BCUT2D eigenvalue weighted by molar-refractivity contribution is 0.152. The largest absolute Gasteiger partial charge is 0.350 e. The van der Waals surface area contributed by atoms with Crippen LogP contribution in [0.4, 0.5) is 4.79 Å². The highest BCUT2D eigenvalue weighted by atomic mass is 16.2. The summed E-state index contributed by atoms with van der Waals surface area (Å²) in [5.74, 6) is 1.20. The maximum absolute atomic E-state index is 10.8. The summed E-state index contributed by atoms with van der Waals surface area (Å²) in [5.41, 5.74) is 9.40. The van der Waals surface area contributed by atoms with E-state index in [1.165, 1.54) is 19.3 Å². The van der Waals surface area contributed by atoms with E-state index in [-0.39, 0.29) is 0 Å². The van der Waals surface area contributed by atoms with Gasteiger partial charge in [-0.05, 0) is 42.4 Å². The highest BCUT2D eigenvalue weighted by Crippen LogP contribution is 2.67. The molecule has 0 radical (unpaired) electrons. The average Bonchev–Trinajstić information content (AvgIpc) is 2.61. The molecule has 0 aliphatic heterocycles. The van der Waals surface area contributed by atoms with Crippen molar-refractivity contribution in [2.24, 2.45) is 33.5 Å². The molecule has 102 valence electrons. The molecule has 0 aromatic carbocycles. The van der Waals surface area contributed by atoms with Crippen LogP contribution in [0.1, 0.15) is 53.4 Å². The number of carbonyl (C=O) groups is 1. The van der Waals surface area contributed by atoms with Crippen LogP contribution in [0.5, 0.6) is 0 Å². The number of hydrazone groups is 1. The minimum Gasteiger partial charge on any atom is -0.350 e. The van der Waals surface area contributed by atoms with Gasteiger partial charge in [-0.2, -0.15) is 5.10 Å². The van der Waals surface area contributed by atoms with Crippen molar-refractivity contribution in [3.05, 3.63) is 0 Å². The van der Waals surface area contributed by atoms with Crippen molar-refractivity contribution < 1.29 is 4.79 Å². The van der Waals surface area contributed by atoms with Crippen LogP contribution in [0.2, 0.25) is 0 Å². The van der Waals surface area contributed by atoms with Gasteiger partial charge in [-0.15, -0.1) is 0 Å². The number of primary amides is 1. The minimum atomic E-state index is -0.574. The Bertz CT molecular complexity index is 386. The lowest BCUT2D eigenvalue weighted by atomic mass is 9.71. The first-order chi connectivity index (χ1) is 8.32. The van der Waals surface area contributed by atoms with Gasteiger partial charge in [0.2, 0.25) is 0 Å². The van der Waals surface area contributed by atoms with Gasteiger partial charge in [-0.3, -0.25) is 0 Å². The molecular formula is C14H25N3O. The third-order valence-electron chi connectivity index (χ3n) is 5.75. The zero-order valence-corrected chi connectivity index (χ0v) is 11.9. The van der Waals surface area contributed by atoms with Gasteiger partial charge in [0.25, 0.3) is 0 Å². The molecule has 0 unspecified atom stereocenters. The molecule has 2 fully saturated rings. The first kappa shape index (κ1) is 13.4. The summed E-state index contributed by atoms with van der Waals surface area (Å²) in [6.45, 7) is 9.28. The van der Waals surface area contributed by atoms with Crippen molar-refractivity contribution >= 4 is 11.7 Å². The van der Waals surface area contributed by atoms with Crippen molar-refractivity contribution in [1.82, 2.24) is 5.43 Å². The molecule has 2 rings (SSSR count). The second-order valence-electron chi connectivity index (χ2n) is 6.67. The Morgan fingerprint density at radius 1 is 1.44 bits per heavy atom. The number of hydrogen-bond acceptors (Lipinski definition) is 2. The van der Waals surface area contributed by atoms with Crippen LogP contribution in [0.3, 0.4) is 0 Å². The van der Waals surface area contributed by atoms with Crippen LogP contribution in [0.25, 0.3) is 0 Å². The summed E-state index contributed by atoms with van der Waals surface area (Å²) in [7, 11) is 0. The Morgan fingerprint density at radius 2 is 2.11 bits per heavy atom. The van der Waals surface area contributed by atoms with E-state index < -0.39 is 6.03 Å². The van der Waals surface area contributed by atoms with Gasteiger partial charge in [0.05, 0.1) is 0 Å². The predicted molar refractivity (Wildman–Crippen MR) is 73.2 cm³/mol. The van der Waals surface area contributed by atoms with E-state index in [4.69, 9.17) is 5.73 Å². The number of nitrogens with zero attached hydrogens (tertiary/aromatic N) is 1. The van der Waals surface area contributed by atoms with Crippen molar-refractivity contribution in [1.29, 1.82) is 0 Å². The topological polar surface area (TPSA) is 67.5 Å². The van der Waals surface area contributed by atoms with E-state index >= 15 is 0 Å². The normalized spacial score (nSPS) is 37.9. The number of urea groups is 1. The minimum absolute atomic E-state index is 0.375. The number of rotatable bonds is 3. The van der Waals surface area contributed by atoms with E-state index in [0.717, 1.165) is 12.1 Å². The van der Waals surface area contributed by atoms with Crippen molar-refractivity contribution in [2.75, 3.05) is 0 Å². The fourth-order valence-electron chi connectivity index (χ4n) is 4.20. The fourth-order valence-corrected chi connectivity index (χ4v) is 4.20. The third-order valence-corrected chi connectivity index (χ3v) is 5.75. The smallest absolute Gasteiger partial charge is 0.332 e. The van der Waals surface area contributed by atoms with Gasteiger partial charge in [0, 0.05) is 11.6 Å². The molecule has 18 heavy (non-hydrogen) atoms. The van der Waals surface area contributed by atoms with Crippen LogP contribution in [-0.4, -0.2) is 11.7 Å². The van der Waals surface area contributed by atoms with E-state index in [2.05, 4.69) is 38.2 Å². The molecule has 2 aliphatic rings. The molecule has 2 saturated carbocycles. The molecular weight excluding hydrogens is 226 g/mol. The van der Waals surface area contributed by atoms with Crippen molar-refractivity contribution in [2.45, 2.75) is 53.4 Å². The lowest BCUT2D eigenvalue weighted by Crippen LogP contribution is -2.30. The summed E-state index contributed by atoms with van der Waals surface area (Å²) in [6, 6.07) is -0.574. The zero-order chi connectivity index (χ0) is 13.6. The van der Waals surface area contributed by atoms with Crippen LogP contribution < -0.4 is 11.2 Å². The Balaban J connectivity index is 2.21. The van der Waals surface area contributed by atoms with E-state index in [0.29, 0.717) is 22.7 Å². The van der Waals surface area contributed by atoms with E-state index in [9.17, 15) is 4.79 Å². The highest BCUT2D eigenvalue weighted by Gasteiger charge is 2.61. The average molecular weight is 251 g/mol. The van der Waals surface area contributed by atoms with Gasteiger partial charge in [0.1, 0.15) is 0 Å². The van der Waals surface area contributed by atoms with Gasteiger partial charge in [-0.1, -0.05) is 27.7 Å². The molecule has 2 aliphatic carbocycles. The molecule has 0 spiro atoms. The summed E-state index contributed by atoms with van der Waals surface area (Å²) in [4.78, 5) is 10.8. The van der Waals surface area contributed by atoms with Gasteiger partial charge >= 0.3 is 6.03 Å². The molecule has 3 atom stereocenters. The number of nitrogens with two attached hydrogens (primary N) is 1. The molecule has 0 heterocycles. The molecule has 0 aromatic heterocycles. The van der Waals surface area contributed by atoms with Crippen molar-refractivity contribution in [3.8, 4) is 0 Å². The van der Waals surface area contributed by atoms with Crippen LogP contribution >= 0.6 is 0 Å². The second-order valence-corrected chi connectivity index (χ2v) is 6.67. The van der Waals surface area contributed by atoms with Gasteiger partial charge in [-0.25, -0.2) is 10.2 Å². The van der Waals surface area contributed by atoms with Crippen LogP contribution in [0.15, 0.2) is 5.10 Å². The Labute approximate surface area is 109 Å². The summed E-state index contributed by atoms with van der Waals surface area (Å²) in [5, 5.41) is 4.23. The fraction of sp³-hybridized carbons (Fsp3) is 0.857.